The number of carbonyl (C=O) groups excluding carboxylic acids is 1. The van der Waals surface area contributed by atoms with Crippen LogP contribution in [0.5, 0.6) is 0 Å². The molecule has 0 radical (unpaired) electrons. The second kappa shape index (κ2) is 7.09. The maximum absolute atomic E-state index is 12.6. The van der Waals surface area contributed by atoms with Crippen LogP contribution in [-0.2, 0) is 11.3 Å². The summed E-state index contributed by atoms with van der Waals surface area (Å²) in [5, 5.41) is 0.703. The van der Waals surface area contributed by atoms with Gasteiger partial charge in [0.25, 0.3) is 0 Å². The van der Waals surface area contributed by atoms with Gasteiger partial charge in [-0.2, -0.15) is 0 Å². The third kappa shape index (κ3) is 3.97. The number of amides is 1. The first kappa shape index (κ1) is 15.3. The van der Waals surface area contributed by atoms with Crippen molar-refractivity contribution < 1.29 is 4.79 Å². The molecular formula is C16H23ClN2O. The number of carbonyl (C=O) groups is 1. The SMILES string of the molecule is CN(Cc1cccc(Cl)c1)C(=O)C1CCCCCC1N. The Labute approximate surface area is 126 Å². The van der Waals surface area contributed by atoms with E-state index in [9.17, 15) is 4.79 Å². The van der Waals surface area contributed by atoms with Crippen molar-refractivity contribution in [3.05, 3.63) is 34.9 Å². The van der Waals surface area contributed by atoms with Crippen LogP contribution < -0.4 is 5.73 Å². The maximum atomic E-state index is 12.6. The second-order valence-corrected chi connectivity index (χ2v) is 6.17. The molecule has 0 bridgehead atoms. The molecule has 2 rings (SSSR count). The van der Waals surface area contributed by atoms with Crippen LogP contribution in [0.4, 0.5) is 0 Å². The van der Waals surface area contributed by atoms with Crippen molar-refractivity contribution >= 4 is 17.5 Å². The molecule has 3 nitrogen and oxygen atoms in total. The molecule has 4 heteroatoms. The Kier molecular flexibility index (Phi) is 5.44. The Morgan fingerprint density at radius 2 is 2.10 bits per heavy atom. The van der Waals surface area contributed by atoms with E-state index in [0.717, 1.165) is 31.2 Å². The van der Waals surface area contributed by atoms with Gasteiger partial charge < -0.3 is 10.6 Å². The van der Waals surface area contributed by atoms with Crippen molar-refractivity contribution in [2.75, 3.05) is 7.05 Å². The van der Waals surface area contributed by atoms with E-state index in [2.05, 4.69) is 0 Å². The summed E-state index contributed by atoms with van der Waals surface area (Å²) < 4.78 is 0. The van der Waals surface area contributed by atoms with E-state index in [1.807, 2.05) is 31.3 Å². The summed E-state index contributed by atoms with van der Waals surface area (Å²) >= 11 is 5.98. The van der Waals surface area contributed by atoms with Crippen LogP contribution in [0, 0.1) is 5.92 Å². The van der Waals surface area contributed by atoms with Gasteiger partial charge in [0.1, 0.15) is 0 Å². The monoisotopic (exact) mass is 294 g/mol. The Balaban J connectivity index is 2.00. The quantitative estimate of drug-likeness (QED) is 0.870. The molecule has 2 unspecified atom stereocenters. The fourth-order valence-corrected chi connectivity index (χ4v) is 3.13. The highest BCUT2D eigenvalue weighted by atomic mass is 35.5. The normalized spacial score (nSPS) is 23.1. The van der Waals surface area contributed by atoms with Crippen molar-refractivity contribution in [1.82, 2.24) is 4.90 Å². The van der Waals surface area contributed by atoms with Gasteiger partial charge in [-0.3, -0.25) is 4.79 Å². The number of nitrogens with zero attached hydrogens (tertiary/aromatic N) is 1. The zero-order valence-corrected chi connectivity index (χ0v) is 12.8. The molecule has 1 aliphatic rings. The highest BCUT2D eigenvalue weighted by Crippen LogP contribution is 2.24. The predicted octanol–water partition coefficient (Wildman–Crippen LogP) is 3.21. The van der Waals surface area contributed by atoms with Gasteiger partial charge in [-0.1, -0.05) is 43.0 Å². The smallest absolute Gasteiger partial charge is 0.227 e. The molecular weight excluding hydrogens is 272 g/mol. The summed E-state index contributed by atoms with van der Waals surface area (Å²) in [5.74, 6) is 0.140. The van der Waals surface area contributed by atoms with E-state index in [4.69, 9.17) is 17.3 Å². The highest BCUT2D eigenvalue weighted by Gasteiger charge is 2.29. The number of hydrogen-bond donors (Lipinski definition) is 1. The first-order valence-electron chi connectivity index (χ1n) is 7.33. The molecule has 2 N–H and O–H groups in total. The molecule has 1 aromatic rings. The minimum Gasteiger partial charge on any atom is -0.341 e. The first-order chi connectivity index (χ1) is 9.58. The fourth-order valence-electron chi connectivity index (χ4n) is 2.91. The lowest BCUT2D eigenvalue weighted by Gasteiger charge is -2.26. The summed E-state index contributed by atoms with van der Waals surface area (Å²) in [6.07, 6.45) is 5.31. The molecule has 0 saturated heterocycles. The van der Waals surface area contributed by atoms with Crippen molar-refractivity contribution in [3.63, 3.8) is 0 Å². The summed E-state index contributed by atoms with van der Waals surface area (Å²) in [6.45, 7) is 0.586. The zero-order valence-electron chi connectivity index (χ0n) is 12.0. The Hall–Kier alpha value is -1.06. The summed E-state index contributed by atoms with van der Waals surface area (Å²) in [7, 11) is 1.85. The van der Waals surface area contributed by atoms with Crippen LogP contribution in [0.3, 0.4) is 0 Å². The van der Waals surface area contributed by atoms with Gasteiger partial charge >= 0.3 is 0 Å². The molecule has 1 saturated carbocycles. The third-order valence-electron chi connectivity index (χ3n) is 4.07. The lowest BCUT2D eigenvalue weighted by Crippen LogP contribution is -2.41. The van der Waals surface area contributed by atoms with Crippen molar-refractivity contribution in [2.24, 2.45) is 11.7 Å². The molecule has 2 atom stereocenters. The zero-order chi connectivity index (χ0) is 14.5. The molecule has 0 aromatic heterocycles. The molecule has 1 fully saturated rings. The largest absolute Gasteiger partial charge is 0.341 e. The van der Waals surface area contributed by atoms with E-state index >= 15 is 0 Å². The van der Waals surface area contributed by atoms with E-state index in [1.165, 1.54) is 6.42 Å². The second-order valence-electron chi connectivity index (χ2n) is 5.73. The molecule has 1 aliphatic carbocycles. The van der Waals surface area contributed by atoms with Crippen molar-refractivity contribution in [2.45, 2.75) is 44.7 Å². The van der Waals surface area contributed by atoms with Crippen LogP contribution in [0.2, 0.25) is 5.02 Å². The number of halogens is 1. The number of rotatable bonds is 3. The molecule has 1 aromatic carbocycles. The minimum atomic E-state index is -0.0262. The topological polar surface area (TPSA) is 46.3 Å². The number of benzene rings is 1. The minimum absolute atomic E-state index is 0.00631. The molecule has 0 aliphatic heterocycles. The average molecular weight is 295 g/mol. The van der Waals surface area contributed by atoms with Crippen LogP contribution in [0.1, 0.15) is 37.7 Å². The van der Waals surface area contributed by atoms with Crippen molar-refractivity contribution in [3.8, 4) is 0 Å². The maximum Gasteiger partial charge on any atom is 0.227 e. The van der Waals surface area contributed by atoms with Gasteiger partial charge in [0.15, 0.2) is 0 Å². The standard InChI is InChI=1S/C16H23ClN2O/c1-19(11-12-6-5-7-13(17)10-12)16(20)14-8-3-2-4-9-15(14)18/h5-7,10,14-15H,2-4,8-9,11,18H2,1H3. The van der Waals surface area contributed by atoms with Gasteiger partial charge in [-0.05, 0) is 30.5 Å². The van der Waals surface area contributed by atoms with Crippen LogP contribution >= 0.6 is 11.6 Å². The lowest BCUT2D eigenvalue weighted by atomic mass is 9.94. The van der Waals surface area contributed by atoms with E-state index in [-0.39, 0.29) is 17.9 Å². The van der Waals surface area contributed by atoms with E-state index < -0.39 is 0 Å². The van der Waals surface area contributed by atoms with Gasteiger partial charge in [0.2, 0.25) is 5.91 Å². The van der Waals surface area contributed by atoms with Crippen molar-refractivity contribution in [1.29, 1.82) is 0 Å². The Bertz CT molecular complexity index is 464. The van der Waals surface area contributed by atoms with E-state index in [1.54, 1.807) is 4.90 Å². The molecule has 0 heterocycles. The fraction of sp³-hybridized carbons (Fsp3) is 0.562. The first-order valence-corrected chi connectivity index (χ1v) is 7.70. The third-order valence-corrected chi connectivity index (χ3v) is 4.31. The molecule has 110 valence electrons. The Morgan fingerprint density at radius 1 is 1.35 bits per heavy atom. The van der Waals surface area contributed by atoms with Crippen LogP contribution in [0.25, 0.3) is 0 Å². The summed E-state index contributed by atoms with van der Waals surface area (Å²) in [4.78, 5) is 14.3. The van der Waals surface area contributed by atoms with Gasteiger partial charge in [-0.25, -0.2) is 0 Å². The summed E-state index contributed by atoms with van der Waals surface area (Å²) in [5.41, 5.74) is 7.22. The number of nitrogens with two attached hydrogens (primary N) is 1. The predicted molar refractivity (Wildman–Crippen MR) is 82.5 cm³/mol. The summed E-state index contributed by atoms with van der Waals surface area (Å²) in [6, 6.07) is 7.65. The van der Waals surface area contributed by atoms with Crippen LogP contribution in [-0.4, -0.2) is 23.9 Å². The number of hydrogen-bond acceptors (Lipinski definition) is 2. The highest BCUT2D eigenvalue weighted by molar-refractivity contribution is 6.30. The molecule has 1 amide bonds. The average Bonchev–Trinajstić information content (AvgIpc) is 2.62. The van der Waals surface area contributed by atoms with Gasteiger partial charge in [-0.15, -0.1) is 0 Å². The Morgan fingerprint density at radius 3 is 2.85 bits per heavy atom. The van der Waals surface area contributed by atoms with E-state index in [0.29, 0.717) is 11.6 Å². The van der Waals surface area contributed by atoms with Gasteiger partial charge in [0.05, 0.1) is 5.92 Å². The van der Waals surface area contributed by atoms with Crippen LogP contribution in [0.15, 0.2) is 24.3 Å². The lowest BCUT2D eigenvalue weighted by molar-refractivity contribution is -0.135. The van der Waals surface area contributed by atoms with Gasteiger partial charge in [0, 0.05) is 24.7 Å². The molecule has 0 spiro atoms. The molecule has 20 heavy (non-hydrogen) atoms.